The van der Waals surface area contributed by atoms with Crippen LogP contribution in [-0.4, -0.2) is 19.1 Å². The number of anilines is 1. The number of amides is 1. The van der Waals surface area contributed by atoms with Crippen molar-refractivity contribution in [3.8, 4) is 5.75 Å². The topological polar surface area (TPSA) is 64.3 Å². The van der Waals surface area contributed by atoms with Crippen LogP contribution in [0.1, 0.15) is 45.4 Å². The Hall–Kier alpha value is -1.55. The van der Waals surface area contributed by atoms with E-state index in [4.69, 9.17) is 10.5 Å². The number of nitrogens with two attached hydrogens (primary N) is 1. The molecule has 0 unspecified atom stereocenters. The number of hydrogen-bond acceptors (Lipinski definition) is 3. The highest BCUT2D eigenvalue weighted by Crippen LogP contribution is 2.17. The van der Waals surface area contributed by atoms with Crippen LogP contribution in [-0.2, 0) is 4.79 Å². The molecule has 0 aliphatic rings. The maximum absolute atomic E-state index is 11.8. The first-order valence-electron chi connectivity index (χ1n) is 7.49. The van der Waals surface area contributed by atoms with Gasteiger partial charge in [-0.25, -0.2) is 0 Å². The van der Waals surface area contributed by atoms with Crippen molar-refractivity contribution in [3.63, 3.8) is 0 Å². The molecule has 112 valence electrons. The Morgan fingerprint density at radius 3 is 2.80 bits per heavy atom. The third kappa shape index (κ3) is 7.14. The first-order chi connectivity index (χ1) is 9.76. The van der Waals surface area contributed by atoms with E-state index in [9.17, 15) is 4.79 Å². The first-order valence-corrected chi connectivity index (χ1v) is 7.49. The molecule has 1 amide bonds. The quantitative estimate of drug-likeness (QED) is 0.645. The van der Waals surface area contributed by atoms with Gasteiger partial charge in [-0.15, -0.1) is 0 Å². The van der Waals surface area contributed by atoms with E-state index in [2.05, 4.69) is 12.2 Å². The van der Waals surface area contributed by atoms with Gasteiger partial charge >= 0.3 is 0 Å². The average Bonchev–Trinajstić information content (AvgIpc) is 2.45. The average molecular weight is 278 g/mol. The van der Waals surface area contributed by atoms with Crippen LogP contribution in [0.2, 0.25) is 0 Å². The summed E-state index contributed by atoms with van der Waals surface area (Å²) in [5, 5.41) is 2.90. The Morgan fingerprint density at radius 1 is 1.25 bits per heavy atom. The number of ether oxygens (including phenoxy) is 1. The zero-order chi connectivity index (χ0) is 14.6. The molecule has 4 heteroatoms. The van der Waals surface area contributed by atoms with E-state index in [1.807, 2.05) is 24.3 Å². The lowest BCUT2D eigenvalue weighted by molar-refractivity contribution is -0.116. The van der Waals surface area contributed by atoms with E-state index in [0.717, 1.165) is 24.3 Å². The second-order valence-electron chi connectivity index (χ2n) is 4.88. The van der Waals surface area contributed by atoms with Crippen LogP contribution < -0.4 is 15.8 Å². The predicted molar refractivity (Wildman–Crippen MR) is 83.0 cm³/mol. The van der Waals surface area contributed by atoms with Crippen molar-refractivity contribution in [2.24, 2.45) is 5.73 Å². The molecule has 0 aliphatic heterocycles. The van der Waals surface area contributed by atoms with Gasteiger partial charge in [0.1, 0.15) is 12.4 Å². The smallest absolute Gasteiger partial charge is 0.224 e. The molecule has 1 aromatic rings. The Morgan fingerprint density at radius 2 is 2.05 bits per heavy atom. The van der Waals surface area contributed by atoms with Crippen LogP contribution in [0.5, 0.6) is 5.75 Å². The van der Waals surface area contributed by atoms with Gasteiger partial charge in [0.25, 0.3) is 0 Å². The van der Waals surface area contributed by atoms with Crippen molar-refractivity contribution in [1.29, 1.82) is 0 Å². The normalized spacial score (nSPS) is 10.3. The zero-order valence-corrected chi connectivity index (χ0v) is 12.4. The maximum atomic E-state index is 11.8. The summed E-state index contributed by atoms with van der Waals surface area (Å²) >= 11 is 0. The fraction of sp³-hybridized carbons (Fsp3) is 0.562. The van der Waals surface area contributed by atoms with E-state index < -0.39 is 0 Å². The van der Waals surface area contributed by atoms with Gasteiger partial charge < -0.3 is 15.8 Å². The van der Waals surface area contributed by atoms with Crippen molar-refractivity contribution in [2.45, 2.75) is 45.4 Å². The third-order valence-corrected chi connectivity index (χ3v) is 3.01. The van der Waals surface area contributed by atoms with Gasteiger partial charge in [0.15, 0.2) is 0 Å². The number of carbonyl (C=O) groups is 1. The highest BCUT2D eigenvalue weighted by Gasteiger charge is 2.03. The minimum Gasteiger partial charge on any atom is -0.492 e. The zero-order valence-electron chi connectivity index (χ0n) is 12.4. The van der Waals surface area contributed by atoms with Crippen molar-refractivity contribution < 1.29 is 9.53 Å². The molecule has 0 saturated heterocycles. The molecule has 0 aromatic heterocycles. The summed E-state index contributed by atoms with van der Waals surface area (Å²) in [5.74, 6) is 0.800. The first kappa shape index (κ1) is 16.5. The summed E-state index contributed by atoms with van der Waals surface area (Å²) < 4.78 is 5.43. The van der Waals surface area contributed by atoms with E-state index in [1.54, 1.807) is 0 Å². The summed E-state index contributed by atoms with van der Waals surface area (Å²) in [5.41, 5.74) is 6.17. The minimum absolute atomic E-state index is 0.0671. The summed E-state index contributed by atoms with van der Waals surface area (Å²) in [6, 6.07) is 7.41. The fourth-order valence-corrected chi connectivity index (χ4v) is 1.95. The largest absolute Gasteiger partial charge is 0.492 e. The van der Waals surface area contributed by atoms with Crippen LogP contribution in [0, 0.1) is 0 Å². The molecule has 4 nitrogen and oxygen atoms in total. The van der Waals surface area contributed by atoms with Crippen molar-refractivity contribution >= 4 is 11.6 Å². The van der Waals surface area contributed by atoms with E-state index in [0.29, 0.717) is 19.6 Å². The van der Waals surface area contributed by atoms with Crippen molar-refractivity contribution in [2.75, 3.05) is 18.5 Å². The van der Waals surface area contributed by atoms with E-state index in [1.165, 1.54) is 19.3 Å². The highest BCUT2D eigenvalue weighted by molar-refractivity contribution is 5.90. The Kier molecular flexibility index (Phi) is 8.47. The summed E-state index contributed by atoms with van der Waals surface area (Å²) in [6.07, 6.45) is 6.35. The number of benzene rings is 1. The molecule has 0 spiro atoms. The number of rotatable bonds is 10. The van der Waals surface area contributed by atoms with Gasteiger partial charge in [0.2, 0.25) is 5.91 Å². The van der Waals surface area contributed by atoms with Crippen LogP contribution in [0.15, 0.2) is 24.3 Å². The van der Waals surface area contributed by atoms with Crippen molar-refractivity contribution in [3.05, 3.63) is 24.3 Å². The Balaban J connectivity index is 2.30. The third-order valence-electron chi connectivity index (χ3n) is 3.01. The van der Waals surface area contributed by atoms with Crippen LogP contribution in [0.25, 0.3) is 0 Å². The second kappa shape index (κ2) is 10.3. The summed E-state index contributed by atoms with van der Waals surface area (Å²) in [4.78, 5) is 11.8. The predicted octanol–water partition coefficient (Wildman–Crippen LogP) is 3.32. The lowest BCUT2D eigenvalue weighted by Crippen LogP contribution is -2.12. The molecule has 0 heterocycles. The minimum atomic E-state index is 0.0671. The monoisotopic (exact) mass is 278 g/mol. The molecular weight excluding hydrogens is 252 g/mol. The van der Waals surface area contributed by atoms with Gasteiger partial charge in [-0.1, -0.05) is 38.7 Å². The van der Waals surface area contributed by atoms with Gasteiger partial charge in [0.05, 0.1) is 0 Å². The number of carbonyl (C=O) groups excluding carboxylic acids is 1. The maximum Gasteiger partial charge on any atom is 0.224 e. The molecule has 0 saturated carbocycles. The van der Waals surface area contributed by atoms with Crippen LogP contribution in [0.4, 0.5) is 5.69 Å². The summed E-state index contributed by atoms with van der Waals surface area (Å²) in [7, 11) is 0. The Bertz CT molecular complexity index is 394. The van der Waals surface area contributed by atoms with Crippen LogP contribution in [0.3, 0.4) is 0 Å². The molecule has 0 radical (unpaired) electrons. The van der Waals surface area contributed by atoms with E-state index in [-0.39, 0.29) is 5.91 Å². The molecule has 0 atom stereocenters. The molecule has 0 aliphatic carbocycles. The molecule has 20 heavy (non-hydrogen) atoms. The van der Waals surface area contributed by atoms with Gasteiger partial charge in [0, 0.05) is 24.7 Å². The lowest BCUT2D eigenvalue weighted by atomic mass is 10.1. The van der Waals surface area contributed by atoms with Crippen molar-refractivity contribution in [1.82, 2.24) is 0 Å². The van der Waals surface area contributed by atoms with Gasteiger partial charge in [-0.2, -0.15) is 0 Å². The summed E-state index contributed by atoms with van der Waals surface area (Å²) in [6.45, 7) is 3.15. The highest BCUT2D eigenvalue weighted by atomic mass is 16.5. The number of unbranched alkanes of at least 4 members (excludes halogenated alkanes) is 4. The molecular formula is C16H26N2O2. The standard InChI is InChI=1S/C16H26N2O2/c1-2-3-4-5-6-10-16(19)18-14-8-7-9-15(13-14)20-12-11-17/h7-9,13H,2-6,10-12,17H2,1H3,(H,18,19). The SMILES string of the molecule is CCCCCCCC(=O)Nc1cccc(OCCN)c1. The fourth-order valence-electron chi connectivity index (χ4n) is 1.95. The molecule has 0 bridgehead atoms. The van der Waals surface area contributed by atoms with Crippen LogP contribution >= 0.6 is 0 Å². The van der Waals surface area contributed by atoms with E-state index >= 15 is 0 Å². The van der Waals surface area contributed by atoms with Gasteiger partial charge in [-0.05, 0) is 18.6 Å². The lowest BCUT2D eigenvalue weighted by Gasteiger charge is -2.08. The number of nitrogens with one attached hydrogen (secondary N) is 1. The second-order valence-corrected chi connectivity index (χ2v) is 4.88. The molecule has 1 aromatic carbocycles. The molecule has 0 fully saturated rings. The molecule has 3 N–H and O–H groups in total. The molecule has 1 rings (SSSR count). The number of hydrogen-bond donors (Lipinski definition) is 2. The Labute approximate surface area is 121 Å². The van der Waals surface area contributed by atoms with Gasteiger partial charge in [-0.3, -0.25) is 4.79 Å².